The second kappa shape index (κ2) is 8.50. The third-order valence-corrected chi connectivity index (χ3v) is 12.5. The molecule has 0 fully saturated rings. The lowest BCUT2D eigenvalue weighted by Crippen LogP contribution is -2.73. The number of hydrogen-bond acceptors (Lipinski definition) is 1. The fraction of sp³-hybridized carbons (Fsp3) is 0.290. The Hall–Kier alpha value is -2.84. The monoisotopic (exact) mass is 451 g/mol. The van der Waals surface area contributed by atoms with Crippen LogP contribution in [0.1, 0.15) is 41.5 Å². The first-order valence-corrected chi connectivity index (χ1v) is 14.0. The van der Waals surface area contributed by atoms with Crippen molar-refractivity contribution >= 4 is 24.3 Å². The van der Waals surface area contributed by atoms with Gasteiger partial charge in [-0.25, -0.2) is 0 Å². The average Bonchev–Trinajstić information content (AvgIpc) is 3.27. The molecule has 0 saturated heterocycles. The zero-order valence-corrected chi connectivity index (χ0v) is 21.9. The largest absolute Gasteiger partial charge is 0.403 e. The van der Waals surface area contributed by atoms with Crippen LogP contribution < -0.4 is 15.4 Å². The van der Waals surface area contributed by atoms with Gasteiger partial charge in [0.25, 0.3) is 0 Å². The molecule has 1 unspecified atom stereocenters. The van der Waals surface area contributed by atoms with Gasteiger partial charge >= 0.3 is 0 Å². The Bertz CT molecular complexity index is 1090. The molecule has 170 valence electrons. The summed E-state index contributed by atoms with van der Waals surface area (Å²) in [6, 6.07) is 33.1. The van der Waals surface area contributed by atoms with E-state index in [0.29, 0.717) is 0 Å². The van der Waals surface area contributed by atoms with Crippen LogP contribution in [0.2, 0.25) is 5.04 Å². The molecule has 0 aliphatic heterocycles. The summed E-state index contributed by atoms with van der Waals surface area (Å²) in [4.78, 5) is 4.23. The minimum Gasteiger partial charge on any atom is -0.403 e. The fourth-order valence-corrected chi connectivity index (χ4v) is 10.9. The van der Waals surface area contributed by atoms with E-state index in [1.54, 1.807) is 0 Å². The summed E-state index contributed by atoms with van der Waals surface area (Å²) in [5.74, 6) is 0. The Kier molecular flexibility index (Phi) is 6.00. The van der Waals surface area contributed by atoms with Crippen molar-refractivity contribution in [3.63, 3.8) is 0 Å². The number of anilines is 1. The predicted octanol–water partition coefficient (Wildman–Crippen LogP) is 7.19. The summed E-state index contributed by atoms with van der Waals surface area (Å²) in [5, 5.41) is 2.61. The molecule has 33 heavy (non-hydrogen) atoms. The second-order valence-corrected chi connectivity index (χ2v) is 15.0. The van der Waals surface area contributed by atoms with E-state index in [1.807, 2.05) is 0 Å². The summed E-state index contributed by atoms with van der Waals surface area (Å²) in [5.41, 5.74) is 2.66. The zero-order valence-electron chi connectivity index (χ0n) is 20.9. The van der Waals surface area contributed by atoms with Gasteiger partial charge in [-0.15, -0.1) is 0 Å². The molecule has 2 heteroatoms. The lowest BCUT2D eigenvalue weighted by Gasteiger charge is -2.53. The summed E-state index contributed by atoms with van der Waals surface area (Å²) >= 11 is 0. The Labute approximate surface area is 201 Å². The third-order valence-electron chi connectivity index (χ3n) is 7.16. The quantitative estimate of drug-likeness (QED) is 0.405. The first kappa shape index (κ1) is 23.3. The lowest BCUT2D eigenvalue weighted by atomic mass is 9.79. The molecule has 0 radical (unpaired) electrons. The van der Waals surface area contributed by atoms with Crippen LogP contribution in [0.4, 0.5) is 5.69 Å². The Morgan fingerprint density at radius 1 is 0.636 bits per heavy atom. The molecular weight excluding hydrogens is 414 g/mol. The highest BCUT2D eigenvalue weighted by Crippen LogP contribution is 2.59. The summed E-state index contributed by atoms with van der Waals surface area (Å²) in [6.07, 6.45) is 7.52. The van der Waals surface area contributed by atoms with Gasteiger partial charge in [0, 0.05) is 10.7 Å². The highest BCUT2D eigenvalue weighted by molar-refractivity contribution is 7.07. The number of benzene rings is 3. The molecule has 1 N–H and O–H groups in total. The molecule has 1 nitrogen and oxygen atoms in total. The van der Waals surface area contributed by atoms with E-state index in [9.17, 15) is 0 Å². The van der Waals surface area contributed by atoms with Crippen molar-refractivity contribution < 1.29 is 0 Å². The van der Waals surface area contributed by atoms with Gasteiger partial charge in [0.1, 0.15) is 0 Å². The molecule has 1 aliphatic carbocycles. The molecule has 0 bridgehead atoms. The maximum absolute atomic E-state index is 4.23. The van der Waals surface area contributed by atoms with Crippen molar-refractivity contribution in [3.8, 4) is 0 Å². The van der Waals surface area contributed by atoms with Crippen molar-refractivity contribution in [2.75, 3.05) is 4.98 Å². The molecule has 0 aromatic heterocycles. The molecule has 1 aliphatic rings. The normalized spacial score (nSPS) is 18.8. The summed E-state index contributed by atoms with van der Waals surface area (Å²) < 4.78 is 0. The molecule has 1 atom stereocenters. The van der Waals surface area contributed by atoms with Crippen LogP contribution in [0.15, 0.2) is 115 Å². The van der Waals surface area contributed by atoms with E-state index in [4.69, 9.17) is 0 Å². The molecule has 0 heterocycles. The highest BCUT2D eigenvalue weighted by Gasteiger charge is 2.61. The minimum atomic E-state index is -2.67. The maximum atomic E-state index is 4.23. The van der Waals surface area contributed by atoms with Crippen LogP contribution in [0.3, 0.4) is 0 Å². The smallest absolute Gasteiger partial charge is 0.232 e. The van der Waals surface area contributed by atoms with Crippen LogP contribution in [-0.2, 0) is 0 Å². The van der Waals surface area contributed by atoms with Gasteiger partial charge in [0.15, 0.2) is 0 Å². The number of para-hydroxylation sites is 1. The van der Waals surface area contributed by atoms with Crippen molar-refractivity contribution in [2.24, 2.45) is 10.8 Å². The molecule has 0 amide bonds. The van der Waals surface area contributed by atoms with E-state index in [2.05, 4.69) is 156 Å². The molecule has 3 aromatic carbocycles. The number of rotatable bonds is 5. The second-order valence-electron chi connectivity index (χ2n) is 11.3. The van der Waals surface area contributed by atoms with Gasteiger partial charge in [0.2, 0.25) is 8.24 Å². The van der Waals surface area contributed by atoms with Crippen LogP contribution >= 0.6 is 0 Å². The maximum Gasteiger partial charge on any atom is 0.232 e. The third kappa shape index (κ3) is 4.02. The van der Waals surface area contributed by atoms with Gasteiger partial charge in [-0.3, -0.25) is 0 Å². The number of allylic oxidation sites excluding steroid dienone is 4. The van der Waals surface area contributed by atoms with Gasteiger partial charge in [-0.1, -0.05) is 139 Å². The van der Waals surface area contributed by atoms with Crippen LogP contribution in [0.25, 0.3) is 0 Å². The van der Waals surface area contributed by atoms with E-state index < -0.39 is 8.24 Å². The topological polar surface area (TPSA) is 12.0 Å². The van der Waals surface area contributed by atoms with E-state index >= 15 is 0 Å². The lowest BCUT2D eigenvalue weighted by molar-refractivity contribution is 0.351. The summed E-state index contributed by atoms with van der Waals surface area (Å²) in [7, 11) is -2.67. The van der Waals surface area contributed by atoms with E-state index in [-0.39, 0.29) is 15.9 Å². The van der Waals surface area contributed by atoms with E-state index in [1.165, 1.54) is 21.6 Å². The standard InChI is InChI=1S/C31H37NSi/c1-29(2,3)25-22-23-31(24-25,30(4,5)6)33(27-18-12-8-13-19-27,28-20-14-9-15-21-28)32-26-16-10-7-11-17-26/h7-24,32H,1-6H3. The SMILES string of the molecule is CC(C)(C)C1=CC(C(C)(C)C)([Si](Nc2ccccc2)(c2ccccc2)c2ccccc2)C=C1. The van der Waals surface area contributed by atoms with Crippen molar-refractivity contribution in [3.05, 3.63) is 115 Å². The van der Waals surface area contributed by atoms with Gasteiger partial charge in [0.05, 0.1) is 0 Å². The minimum absolute atomic E-state index is 0.0177. The van der Waals surface area contributed by atoms with Crippen molar-refractivity contribution in [1.29, 1.82) is 0 Å². The van der Waals surface area contributed by atoms with Crippen LogP contribution in [0, 0.1) is 10.8 Å². The highest BCUT2D eigenvalue weighted by atomic mass is 28.3. The first-order chi connectivity index (χ1) is 15.6. The zero-order chi connectivity index (χ0) is 23.7. The van der Waals surface area contributed by atoms with E-state index in [0.717, 1.165) is 0 Å². The fourth-order valence-electron chi connectivity index (χ4n) is 5.30. The van der Waals surface area contributed by atoms with Crippen LogP contribution in [0.5, 0.6) is 0 Å². The Balaban J connectivity index is 2.13. The molecule has 3 aromatic rings. The van der Waals surface area contributed by atoms with Gasteiger partial charge in [-0.2, -0.15) is 0 Å². The van der Waals surface area contributed by atoms with Gasteiger partial charge in [-0.05, 0) is 38.9 Å². The Morgan fingerprint density at radius 3 is 1.48 bits per heavy atom. The molecule has 4 rings (SSSR count). The number of hydrogen-bond donors (Lipinski definition) is 1. The average molecular weight is 452 g/mol. The molecular formula is C31H37NSi. The Morgan fingerprint density at radius 2 is 1.09 bits per heavy atom. The van der Waals surface area contributed by atoms with Crippen molar-refractivity contribution in [2.45, 2.75) is 46.6 Å². The summed E-state index contributed by atoms with van der Waals surface area (Å²) in [6.45, 7) is 14.2. The van der Waals surface area contributed by atoms with Crippen molar-refractivity contribution in [1.82, 2.24) is 0 Å². The number of nitrogens with one attached hydrogen (secondary N) is 1. The molecule has 0 saturated carbocycles. The first-order valence-electron chi connectivity index (χ1n) is 12.0. The van der Waals surface area contributed by atoms with Crippen LogP contribution in [-0.4, -0.2) is 8.24 Å². The van der Waals surface area contributed by atoms with Gasteiger partial charge < -0.3 is 4.98 Å². The molecule has 0 spiro atoms. The predicted molar refractivity (Wildman–Crippen MR) is 147 cm³/mol.